The van der Waals surface area contributed by atoms with Crippen LogP contribution in [0.4, 0.5) is 11.8 Å². The van der Waals surface area contributed by atoms with Crippen LogP contribution < -0.4 is 10.6 Å². The Balaban J connectivity index is 1.46. The van der Waals surface area contributed by atoms with E-state index < -0.39 is 0 Å². The van der Waals surface area contributed by atoms with Gasteiger partial charge in [-0.05, 0) is 42.2 Å². The van der Waals surface area contributed by atoms with Gasteiger partial charge in [0, 0.05) is 24.3 Å². The number of benzene rings is 2. The smallest absolute Gasteiger partial charge is 0.224 e. The molecule has 0 spiro atoms. The minimum absolute atomic E-state index is 0.642. The van der Waals surface area contributed by atoms with Crippen LogP contribution in [0.5, 0.6) is 0 Å². The Hall–Kier alpha value is -2.59. The highest BCUT2D eigenvalue weighted by atomic mass is 35.5. The first kappa shape index (κ1) is 17.2. The van der Waals surface area contributed by atoms with E-state index in [9.17, 15) is 0 Å². The molecule has 4 nitrogen and oxygen atoms in total. The van der Waals surface area contributed by atoms with Crippen LogP contribution in [0.25, 0.3) is 0 Å². The molecule has 0 saturated heterocycles. The van der Waals surface area contributed by atoms with Crippen molar-refractivity contribution in [3.63, 3.8) is 0 Å². The molecule has 3 aromatic rings. The first-order valence-corrected chi connectivity index (χ1v) is 8.76. The molecule has 2 N–H and O–H groups in total. The second-order valence-electron chi connectivity index (χ2n) is 5.73. The summed E-state index contributed by atoms with van der Waals surface area (Å²) in [6.07, 6.45) is 3.59. The topological polar surface area (TPSA) is 49.8 Å². The number of anilines is 2. The molecule has 128 valence electrons. The lowest BCUT2D eigenvalue weighted by atomic mass is 10.1. The largest absolute Gasteiger partial charge is 0.370 e. The summed E-state index contributed by atoms with van der Waals surface area (Å²) in [5, 5.41) is 7.36. The molecule has 0 radical (unpaired) electrons. The Morgan fingerprint density at radius 2 is 1.56 bits per heavy atom. The normalized spacial score (nSPS) is 10.4. The summed E-state index contributed by atoms with van der Waals surface area (Å²) in [4.78, 5) is 8.76. The van der Waals surface area contributed by atoms with Gasteiger partial charge >= 0.3 is 0 Å². The molecule has 0 unspecified atom stereocenters. The molecule has 0 saturated carbocycles. The van der Waals surface area contributed by atoms with Crippen LogP contribution in [0.15, 0.2) is 66.9 Å². The average Bonchev–Trinajstić information content (AvgIpc) is 2.63. The molecule has 5 heteroatoms. The predicted octanol–water partition coefficient (Wildman–Crippen LogP) is 4.44. The molecule has 1 aromatic heterocycles. The van der Waals surface area contributed by atoms with Gasteiger partial charge in [0.25, 0.3) is 0 Å². The maximum atomic E-state index is 6.01. The lowest BCUT2D eigenvalue weighted by Crippen LogP contribution is -2.11. The van der Waals surface area contributed by atoms with Gasteiger partial charge < -0.3 is 10.6 Å². The molecule has 0 fully saturated rings. The van der Waals surface area contributed by atoms with Crippen molar-refractivity contribution in [2.75, 3.05) is 23.7 Å². The van der Waals surface area contributed by atoms with Crippen molar-refractivity contribution in [2.45, 2.75) is 12.8 Å². The zero-order valence-corrected chi connectivity index (χ0v) is 14.7. The number of hydrogen-bond acceptors (Lipinski definition) is 4. The van der Waals surface area contributed by atoms with Gasteiger partial charge in [-0.15, -0.1) is 0 Å². The highest BCUT2D eigenvalue weighted by molar-refractivity contribution is 6.30. The Morgan fingerprint density at radius 1 is 0.800 bits per heavy atom. The highest BCUT2D eigenvalue weighted by Gasteiger charge is 2.00. The van der Waals surface area contributed by atoms with Gasteiger partial charge in [0.15, 0.2) is 0 Å². The lowest BCUT2D eigenvalue weighted by Gasteiger charge is -2.09. The number of hydrogen-bond donors (Lipinski definition) is 2. The third-order valence-electron chi connectivity index (χ3n) is 3.80. The summed E-state index contributed by atoms with van der Waals surface area (Å²) in [5.74, 6) is 1.46. The molecular formula is C20H21ClN4. The average molecular weight is 353 g/mol. The second kappa shape index (κ2) is 9.04. The quantitative estimate of drug-likeness (QED) is 0.629. The zero-order valence-electron chi connectivity index (χ0n) is 14.0. The van der Waals surface area contributed by atoms with E-state index in [1.807, 2.05) is 30.3 Å². The van der Waals surface area contributed by atoms with E-state index in [0.717, 1.165) is 36.8 Å². The van der Waals surface area contributed by atoms with E-state index in [0.29, 0.717) is 5.95 Å². The summed E-state index contributed by atoms with van der Waals surface area (Å²) in [6, 6.07) is 20.2. The van der Waals surface area contributed by atoms with E-state index in [4.69, 9.17) is 11.6 Å². The number of aromatic nitrogens is 2. The highest BCUT2D eigenvalue weighted by Crippen LogP contribution is 2.12. The molecule has 0 aliphatic heterocycles. The minimum atomic E-state index is 0.642. The second-order valence-corrected chi connectivity index (χ2v) is 6.17. The zero-order chi connectivity index (χ0) is 17.3. The molecule has 3 rings (SSSR count). The molecular weight excluding hydrogens is 332 g/mol. The summed E-state index contributed by atoms with van der Waals surface area (Å²) in [6.45, 7) is 1.59. The van der Waals surface area contributed by atoms with Crippen molar-refractivity contribution in [1.29, 1.82) is 0 Å². The maximum Gasteiger partial charge on any atom is 0.224 e. The monoisotopic (exact) mass is 352 g/mol. The maximum absolute atomic E-state index is 6.01. The van der Waals surface area contributed by atoms with Crippen molar-refractivity contribution in [3.05, 3.63) is 83.0 Å². The molecule has 1 heterocycles. The number of rotatable bonds is 8. The van der Waals surface area contributed by atoms with Crippen LogP contribution in [0.3, 0.4) is 0 Å². The molecule has 25 heavy (non-hydrogen) atoms. The van der Waals surface area contributed by atoms with E-state index >= 15 is 0 Å². The van der Waals surface area contributed by atoms with Crippen LogP contribution in [0.2, 0.25) is 5.02 Å². The third-order valence-corrected chi connectivity index (χ3v) is 4.04. The fraction of sp³-hybridized carbons (Fsp3) is 0.200. The molecule has 2 aromatic carbocycles. The first-order chi connectivity index (χ1) is 12.3. The molecule has 0 aliphatic carbocycles. The van der Waals surface area contributed by atoms with Gasteiger partial charge in [-0.3, -0.25) is 0 Å². The van der Waals surface area contributed by atoms with Gasteiger partial charge in [0.2, 0.25) is 5.95 Å². The van der Waals surface area contributed by atoms with Gasteiger partial charge in [0.05, 0.1) is 0 Å². The van der Waals surface area contributed by atoms with Crippen molar-refractivity contribution in [2.24, 2.45) is 0 Å². The Labute approximate surface area is 153 Å². The standard InChI is InChI=1S/C20H21ClN4/c21-18-8-4-7-17(15-18)10-12-22-19-11-14-24-20(25-19)23-13-9-16-5-2-1-3-6-16/h1-8,11,14-15H,9-10,12-13H2,(H2,22,23,24,25). The van der Waals surface area contributed by atoms with E-state index in [-0.39, 0.29) is 0 Å². The predicted molar refractivity (Wildman–Crippen MR) is 104 cm³/mol. The summed E-state index contributed by atoms with van der Waals surface area (Å²) >= 11 is 6.01. The molecule has 0 aliphatic rings. The molecule has 0 atom stereocenters. The van der Waals surface area contributed by atoms with E-state index in [2.05, 4.69) is 50.9 Å². The lowest BCUT2D eigenvalue weighted by molar-refractivity contribution is 0.970. The van der Waals surface area contributed by atoms with E-state index in [1.165, 1.54) is 11.1 Å². The SMILES string of the molecule is Clc1cccc(CCNc2ccnc(NCCc3ccccc3)n2)c1. The van der Waals surface area contributed by atoms with Gasteiger partial charge in [-0.1, -0.05) is 54.1 Å². The van der Waals surface area contributed by atoms with Gasteiger partial charge in [-0.2, -0.15) is 4.98 Å². The van der Waals surface area contributed by atoms with Crippen molar-refractivity contribution >= 4 is 23.4 Å². The Kier molecular flexibility index (Phi) is 6.23. The van der Waals surface area contributed by atoms with E-state index in [1.54, 1.807) is 6.20 Å². The summed E-state index contributed by atoms with van der Waals surface area (Å²) in [5.41, 5.74) is 2.50. The van der Waals surface area contributed by atoms with Crippen LogP contribution >= 0.6 is 11.6 Å². The number of nitrogens with one attached hydrogen (secondary N) is 2. The van der Waals surface area contributed by atoms with Crippen LogP contribution in [0.1, 0.15) is 11.1 Å². The Morgan fingerprint density at radius 3 is 2.40 bits per heavy atom. The first-order valence-electron chi connectivity index (χ1n) is 8.39. The molecule has 0 bridgehead atoms. The van der Waals surface area contributed by atoms with Crippen LogP contribution in [-0.2, 0) is 12.8 Å². The molecule has 0 amide bonds. The van der Waals surface area contributed by atoms with Gasteiger partial charge in [-0.25, -0.2) is 4.98 Å². The minimum Gasteiger partial charge on any atom is -0.370 e. The summed E-state index contributed by atoms with van der Waals surface area (Å²) in [7, 11) is 0. The van der Waals surface area contributed by atoms with Crippen molar-refractivity contribution in [3.8, 4) is 0 Å². The summed E-state index contributed by atoms with van der Waals surface area (Å²) < 4.78 is 0. The number of halogens is 1. The Bertz CT molecular complexity index is 792. The number of nitrogens with zero attached hydrogens (tertiary/aromatic N) is 2. The fourth-order valence-electron chi connectivity index (χ4n) is 2.53. The van der Waals surface area contributed by atoms with Crippen molar-refractivity contribution in [1.82, 2.24) is 9.97 Å². The van der Waals surface area contributed by atoms with Gasteiger partial charge in [0.1, 0.15) is 5.82 Å². The van der Waals surface area contributed by atoms with Crippen LogP contribution in [-0.4, -0.2) is 23.1 Å². The third kappa shape index (κ3) is 5.76. The fourth-order valence-corrected chi connectivity index (χ4v) is 2.75. The van der Waals surface area contributed by atoms with Crippen molar-refractivity contribution < 1.29 is 0 Å². The van der Waals surface area contributed by atoms with Crippen LogP contribution in [0, 0.1) is 0 Å².